The topological polar surface area (TPSA) is 52.6 Å². The van der Waals surface area contributed by atoms with Crippen molar-refractivity contribution in [2.75, 3.05) is 6.54 Å². The molecule has 1 aromatic carbocycles. The van der Waals surface area contributed by atoms with Gasteiger partial charge in [-0.2, -0.15) is 0 Å². The minimum atomic E-state index is 0.0932. The number of phenols is 1. The Kier molecular flexibility index (Phi) is 4.04. The van der Waals surface area contributed by atoms with E-state index < -0.39 is 0 Å². The number of likely N-dealkylation sites (tertiary alicyclic amines) is 1. The predicted octanol–water partition coefficient (Wildman–Crippen LogP) is 2.91. The molecule has 0 spiro atoms. The molecule has 3 rings (SSSR count). The molecule has 4 heteroatoms. The number of rotatable bonds is 4. The van der Waals surface area contributed by atoms with E-state index in [1.54, 1.807) is 12.1 Å². The summed E-state index contributed by atoms with van der Waals surface area (Å²) in [4.78, 5) is 14.5. The lowest BCUT2D eigenvalue weighted by molar-refractivity contribution is 0.183. The van der Waals surface area contributed by atoms with E-state index in [1.807, 2.05) is 24.0 Å². The number of carbonyl (C=O) groups excluding carboxylic acids is 1. The second kappa shape index (κ2) is 5.96. The van der Waals surface area contributed by atoms with Crippen LogP contribution in [0.3, 0.4) is 0 Å². The second-order valence-electron chi connectivity index (χ2n) is 6.46. The highest BCUT2D eigenvalue weighted by molar-refractivity contribution is 5.75. The van der Waals surface area contributed by atoms with Crippen molar-refractivity contribution in [2.24, 2.45) is 5.92 Å². The third-order valence-electron chi connectivity index (χ3n) is 4.57. The van der Waals surface area contributed by atoms with E-state index in [0.717, 1.165) is 30.9 Å². The molecule has 1 aliphatic heterocycles. The van der Waals surface area contributed by atoms with Crippen LogP contribution in [0.15, 0.2) is 24.3 Å². The molecule has 2 atom stereocenters. The number of hydrogen-bond acceptors (Lipinski definition) is 2. The lowest BCUT2D eigenvalue weighted by atomic mass is 10.1. The zero-order valence-corrected chi connectivity index (χ0v) is 12.6. The molecule has 0 bridgehead atoms. The fourth-order valence-electron chi connectivity index (χ4n) is 3.35. The van der Waals surface area contributed by atoms with Gasteiger partial charge in [0.05, 0.1) is 0 Å². The van der Waals surface area contributed by atoms with Crippen LogP contribution in [0, 0.1) is 5.92 Å². The maximum Gasteiger partial charge on any atom is 0.317 e. The van der Waals surface area contributed by atoms with Gasteiger partial charge in [0.25, 0.3) is 0 Å². The van der Waals surface area contributed by atoms with Crippen LogP contribution in [0.1, 0.15) is 38.2 Å². The van der Waals surface area contributed by atoms with Gasteiger partial charge < -0.3 is 15.3 Å². The van der Waals surface area contributed by atoms with Crippen LogP contribution in [0.4, 0.5) is 4.79 Å². The van der Waals surface area contributed by atoms with Gasteiger partial charge in [-0.3, -0.25) is 0 Å². The van der Waals surface area contributed by atoms with Crippen LogP contribution < -0.4 is 5.32 Å². The van der Waals surface area contributed by atoms with Gasteiger partial charge in [-0.15, -0.1) is 0 Å². The van der Waals surface area contributed by atoms with Gasteiger partial charge in [-0.05, 0) is 62.6 Å². The van der Waals surface area contributed by atoms with E-state index in [2.05, 4.69) is 5.32 Å². The molecule has 2 unspecified atom stereocenters. The summed E-state index contributed by atoms with van der Waals surface area (Å²) in [6.07, 6.45) is 5.67. The largest absolute Gasteiger partial charge is 0.508 e. The average molecular weight is 288 g/mol. The quantitative estimate of drug-likeness (QED) is 0.895. The molecule has 1 saturated carbocycles. The summed E-state index contributed by atoms with van der Waals surface area (Å²) in [5.41, 5.74) is 1.13. The number of nitrogens with one attached hydrogen (secondary N) is 1. The number of urea groups is 1. The number of aromatic hydroxyl groups is 1. The minimum absolute atomic E-state index is 0.0932. The molecule has 2 N–H and O–H groups in total. The molecule has 2 aliphatic rings. The highest BCUT2D eigenvalue weighted by Crippen LogP contribution is 2.40. The number of phenolic OH excluding ortho intramolecular Hbond substituents is 1. The SMILES string of the molecule is CC(Cc1ccc(O)cc1)NC(=O)N1CCCC1C1CC1. The lowest BCUT2D eigenvalue weighted by Crippen LogP contribution is -2.47. The normalized spacial score (nSPS) is 23.1. The van der Waals surface area contributed by atoms with Gasteiger partial charge in [0.15, 0.2) is 0 Å². The number of amides is 2. The summed E-state index contributed by atoms with van der Waals surface area (Å²) >= 11 is 0. The van der Waals surface area contributed by atoms with Crippen molar-refractivity contribution in [3.8, 4) is 5.75 Å². The molecule has 2 amide bonds. The van der Waals surface area contributed by atoms with E-state index in [1.165, 1.54) is 19.3 Å². The van der Waals surface area contributed by atoms with Crippen LogP contribution in [-0.4, -0.2) is 34.7 Å². The molecule has 21 heavy (non-hydrogen) atoms. The maximum absolute atomic E-state index is 12.4. The van der Waals surface area contributed by atoms with E-state index in [0.29, 0.717) is 6.04 Å². The summed E-state index contributed by atoms with van der Waals surface area (Å²) in [5.74, 6) is 1.03. The highest BCUT2D eigenvalue weighted by Gasteiger charge is 2.40. The van der Waals surface area contributed by atoms with Crippen LogP contribution in [0.5, 0.6) is 5.75 Å². The number of hydrogen-bond donors (Lipinski definition) is 2. The molecule has 0 aromatic heterocycles. The average Bonchev–Trinajstić information content (AvgIpc) is 3.18. The molecule has 0 radical (unpaired) electrons. The van der Waals surface area contributed by atoms with Crippen molar-refractivity contribution in [2.45, 2.75) is 51.1 Å². The first-order valence-corrected chi connectivity index (χ1v) is 7.98. The number of carbonyl (C=O) groups is 1. The summed E-state index contributed by atoms with van der Waals surface area (Å²) in [7, 11) is 0. The Balaban J connectivity index is 1.52. The molecule has 1 heterocycles. The molecule has 1 aromatic rings. The van der Waals surface area contributed by atoms with Gasteiger partial charge in [-0.25, -0.2) is 4.79 Å². The van der Waals surface area contributed by atoms with Gasteiger partial charge in [0.2, 0.25) is 0 Å². The predicted molar refractivity (Wildman–Crippen MR) is 82.3 cm³/mol. The third kappa shape index (κ3) is 3.49. The van der Waals surface area contributed by atoms with Crippen molar-refractivity contribution in [3.63, 3.8) is 0 Å². The van der Waals surface area contributed by atoms with Crippen LogP contribution in [0.25, 0.3) is 0 Å². The second-order valence-corrected chi connectivity index (χ2v) is 6.46. The Morgan fingerprint density at radius 2 is 2.05 bits per heavy atom. The van der Waals surface area contributed by atoms with Crippen molar-refractivity contribution in [1.82, 2.24) is 10.2 Å². The van der Waals surface area contributed by atoms with Gasteiger partial charge in [0.1, 0.15) is 5.75 Å². The van der Waals surface area contributed by atoms with Crippen molar-refractivity contribution in [3.05, 3.63) is 29.8 Å². The Morgan fingerprint density at radius 1 is 1.33 bits per heavy atom. The van der Waals surface area contributed by atoms with E-state index in [4.69, 9.17) is 0 Å². The van der Waals surface area contributed by atoms with E-state index in [9.17, 15) is 9.90 Å². The fourth-order valence-corrected chi connectivity index (χ4v) is 3.35. The molecular weight excluding hydrogens is 264 g/mol. The monoisotopic (exact) mass is 288 g/mol. The standard InChI is InChI=1S/C17H24N2O2/c1-12(11-13-4-8-15(20)9-5-13)18-17(21)19-10-2-3-16(19)14-6-7-14/h4-5,8-9,12,14,16,20H,2-3,6-7,10-11H2,1H3,(H,18,21). The van der Waals surface area contributed by atoms with Gasteiger partial charge >= 0.3 is 6.03 Å². The Bertz CT molecular complexity index is 496. The smallest absolute Gasteiger partial charge is 0.317 e. The Morgan fingerprint density at radius 3 is 2.71 bits per heavy atom. The van der Waals surface area contributed by atoms with E-state index in [-0.39, 0.29) is 17.8 Å². The zero-order chi connectivity index (χ0) is 14.8. The van der Waals surface area contributed by atoms with Crippen LogP contribution >= 0.6 is 0 Å². The van der Waals surface area contributed by atoms with Crippen LogP contribution in [0.2, 0.25) is 0 Å². The fraction of sp³-hybridized carbons (Fsp3) is 0.588. The molecule has 2 fully saturated rings. The van der Waals surface area contributed by atoms with Crippen molar-refractivity contribution < 1.29 is 9.90 Å². The molecular formula is C17H24N2O2. The molecule has 114 valence electrons. The number of benzene rings is 1. The molecule has 4 nitrogen and oxygen atoms in total. The van der Waals surface area contributed by atoms with Gasteiger partial charge in [-0.1, -0.05) is 12.1 Å². The first-order valence-electron chi connectivity index (χ1n) is 7.98. The number of nitrogens with zero attached hydrogens (tertiary/aromatic N) is 1. The third-order valence-corrected chi connectivity index (χ3v) is 4.57. The van der Waals surface area contributed by atoms with Crippen molar-refractivity contribution in [1.29, 1.82) is 0 Å². The van der Waals surface area contributed by atoms with Crippen LogP contribution in [-0.2, 0) is 6.42 Å². The summed E-state index contributed by atoms with van der Waals surface area (Å²) in [5, 5.41) is 12.4. The highest BCUT2D eigenvalue weighted by atomic mass is 16.3. The van der Waals surface area contributed by atoms with E-state index >= 15 is 0 Å². The summed E-state index contributed by atoms with van der Waals surface area (Å²) in [6, 6.07) is 7.85. The summed E-state index contributed by atoms with van der Waals surface area (Å²) in [6.45, 7) is 2.94. The first kappa shape index (κ1) is 14.2. The van der Waals surface area contributed by atoms with Crippen molar-refractivity contribution >= 4 is 6.03 Å². The Hall–Kier alpha value is -1.71. The first-order chi connectivity index (χ1) is 10.1. The zero-order valence-electron chi connectivity index (χ0n) is 12.6. The lowest BCUT2D eigenvalue weighted by Gasteiger charge is -2.27. The summed E-state index contributed by atoms with van der Waals surface area (Å²) < 4.78 is 0. The molecule has 1 saturated heterocycles. The minimum Gasteiger partial charge on any atom is -0.508 e. The maximum atomic E-state index is 12.4. The Labute approximate surface area is 126 Å². The van der Waals surface area contributed by atoms with Gasteiger partial charge in [0, 0.05) is 18.6 Å². The molecule has 1 aliphatic carbocycles.